The number of hydrogen-bond donors (Lipinski definition) is 1. The van der Waals surface area contributed by atoms with E-state index in [2.05, 4.69) is 0 Å². The summed E-state index contributed by atoms with van der Waals surface area (Å²) in [6, 6.07) is 8.44. The highest BCUT2D eigenvalue weighted by Crippen LogP contribution is 2.35. The second-order valence-corrected chi connectivity index (χ2v) is 4.94. The molecule has 112 valence electrons. The molecule has 0 radical (unpaired) electrons. The zero-order chi connectivity index (χ0) is 15.6. The highest BCUT2D eigenvalue weighted by molar-refractivity contribution is 5.49. The molecule has 4 heteroatoms. The first kappa shape index (κ1) is 15.3. The van der Waals surface area contributed by atoms with Crippen LogP contribution < -0.4 is 9.47 Å². The molecule has 0 saturated carbocycles. The molecule has 0 aliphatic heterocycles. The molecule has 0 bridgehead atoms. The number of methoxy groups -OCH3 is 2. The number of aliphatic hydroxyl groups is 1. The number of aryl methyl sites for hydroxylation is 2. The maximum absolute atomic E-state index is 14.2. The molecular weight excluding hydrogens is 271 g/mol. The van der Waals surface area contributed by atoms with E-state index >= 15 is 0 Å². The van der Waals surface area contributed by atoms with E-state index in [1.54, 1.807) is 44.4 Å². The van der Waals surface area contributed by atoms with E-state index in [1.807, 2.05) is 6.92 Å². The molecule has 1 atom stereocenters. The molecule has 0 saturated heterocycles. The Morgan fingerprint density at radius 1 is 0.952 bits per heavy atom. The number of hydrogen-bond acceptors (Lipinski definition) is 3. The quantitative estimate of drug-likeness (QED) is 0.936. The van der Waals surface area contributed by atoms with Crippen molar-refractivity contribution < 1.29 is 19.0 Å². The standard InChI is InChI=1S/C17H19FO3/c1-10-6-5-7-12(16(10)18)17(19)13-9-15(21-4)14(20-3)8-11(13)2/h5-9,17,19H,1-4H3. The normalized spacial score (nSPS) is 12.1. The van der Waals surface area contributed by atoms with Gasteiger partial charge in [0.15, 0.2) is 11.5 Å². The van der Waals surface area contributed by atoms with Crippen molar-refractivity contribution in [1.29, 1.82) is 0 Å². The zero-order valence-corrected chi connectivity index (χ0v) is 12.6. The summed E-state index contributed by atoms with van der Waals surface area (Å²) in [5, 5.41) is 10.5. The summed E-state index contributed by atoms with van der Waals surface area (Å²) in [6.45, 7) is 3.52. The van der Waals surface area contributed by atoms with Gasteiger partial charge in [0.2, 0.25) is 0 Å². The Labute approximate surface area is 124 Å². The van der Waals surface area contributed by atoms with Crippen LogP contribution in [0.5, 0.6) is 11.5 Å². The summed E-state index contributed by atoms with van der Waals surface area (Å²) >= 11 is 0. The van der Waals surface area contributed by atoms with Gasteiger partial charge in [-0.25, -0.2) is 4.39 Å². The van der Waals surface area contributed by atoms with Gasteiger partial charge in [-0.2, -0.15) is 0 Å². The molecular formula is C17H19FO3. The van der Waals surface area contributed by atoms with Crippen LogP contribution in [0.15, 0.2) is 30.3 Å². The lowest BCUT2D eigenvalue weighted by atomic mass is 9.95. The first-order valence-corrected chi connectivity index (χ1v) is 6.65. The van der Waals surface area contributed by atoms with E-state index in [4.69, 9.17) is 9.47 Å². The lowest BCUT2D eigenvalue weighted by molar-refractivity contribution is 0.213. The largest absolute Gasteiger partial charge is 0.493 e. The van der Waals surface area contributed by atoms with Crippen molar-refractivity contribution in [2.75, 3.05) is 14.2 Å². The molecule has 2 aromatic rings. The fourth-order valence-corrected chi connectivity index (χ4v) is 2.34. The summed E-state index contributed by atoms with van der Waals surface area (Å²) in [5.74, 6) is 0.695. The van der Waals surface area contributed by atoms with Crippen molar-refractivity contribution in [3.63, 3.8) is 0 Å². The van der Waals surface area contributed by atoms with Crippen molar-refractivity contribution >= 4 is 0 Å². The summed E-state index contributed by atoms with van der Waals surface area (Å²) < 4.78 is 24.6. The zero-order valence-electron chi connectivity index (χ0n) is 12.6. The van der Waals surface area contributed by atoms with Crippen LogP contribution in [0.25, 0.3) is 0 Å². The first-order valence-electron chi connectivity index (χ1n) is 6.65. The number of halogens is 1. The molecule has 0 aromatic heterocycles. The molecule has 0 aliphatic carbocycles. The lowest BCUT2D eigenvalue weighted by Gasteiger charge is -2.18. The molecule has 2 rings (SSSR count). The van der Waals surface area contributed by atoms with Crippen LogP contribution in [0, 0.1) is 19.7 Å². The van der Waals surface area contributed by atoms with Crippen LogP contribution >= 0.6 is 0 Å². The molecule has 3 nitrogen and oxygen atoms in total. The Bertz CT molecular complexity index is 653. The van der Waals surface area contributed by atoms with E-state index in [0.29, 0.717) is 22.6 Å². The fraction of sp³-hybridized carbons (Fsp3) is 0.294. The Balaban J connectivity index is 2.53. The average molecular weight is 290 g/mol. The number of benzene rings is 2. The monoisotopic (exact) mass is 290 g/mol. The van der Waals surface area contributed by atoms with Gasteiger partial charge >= 0.3 is 0 Å². The fourth-order valence-electron chi connectivity index (χ4n) is 2.34. The van der Waals surface area contributed by atoms with E-state index in [9.17, 15) is 9.50 Å². The molecule has 0 aliphatic rings. The van der Waals surface area contributed by atoms with E-state index < -0.39 is 6.10 Å². The van der Waals surface area contributed by atoms with Crippen LogP contribution in [0.1, 0.15) is 28.4 Å². The summed E-state index contributed by atoms with van der Waals surface area (Å²) in [6.07, 6.45) is -1.05. The third-order valence-electron chi connectivity index (χ3n) is 3.58. The number of ether oxygens (including phenoxy) is 2. The lowest BCUT2D eigenvalue weighted by Crippen LogP contribution is -2.06. The van der Waals surface area contributed by atoms with Gasteiger partial charge < -0.3 is 14.6 Å². The van der Waals surface area contributed by atoms with Crippen molar-refractivity contribution in [3.8, 4) is 11.5 Å². The van der Waals surface area contributed by atoms with Gasteiger partial charge in [0.05, 0.1) is 14.2 Å². The second-order valence-electron chi connectivity index (χ2n) is 4.94. The molecule has 0 amide bonds. The second kappa shape index (κ2) is 6.14. The van der Waals surface area contributed by atoms with Gasteiger partial charge in [0.1, 0.15) is 11.9 Å². The molecule has 1 unspecified atom stereocenters. The first-order chi connectivity index (χ1) is 9.99. The summed E-state index contributed by atoms with van der Waals surface area (Å²) in [4.78, 5) is 0. The average Bonchev–Trinajstić information content (AvgIpc) is 2.49. The minimum atomic E-state index is -1.05. The number of rotatable bonds is 4. The summed E-state index contributed by atoms with van der Waals surface area (Å²) in [5.41, 5.74) is 2.16. The molecule has 1 N–H and O–H groups in total. The van der Waals surface area contributed by atoms with Crippen molar-refractivity contribution in [1.82, 2.24) is 0 Å². The molecule has 0 fully saturated rings. The predicted octanol–water partition coefficient (Wildman–Crippen LogP) is 3.54. The Kier molecular flexibility index (Phi) is 4.48. The maximum atomic E-state index is 14.2. The van der Waals surface area contributed by atoms with Crippen LogP contribution in [-0.4, -0.2) is 19.3 Å². The maximum Gasteiger partial charge on any atom is 0.161 e. The molecule has 21 heavy (non-hydrogen) atoms. The topological polar surface area (TPSA) is 38.7 Å². The molecule has 2 aromatic carbocycles. The smallest absolute Gasteiger partial charge is 0.161 e. The minimum Gasteiger partial charge on any atom is -0.493 e. The Hall–Kier alpha value is -2.07. The van der Waals surface area contributed by atoms with Gasteiger partial charge in [-0.15, -0.1) is 0 Å². The van der Waals surface area contributed by atoms with Crippen LogP contribution in [0.4, 0.5) is 4.39 Å². The SMILES string of the molecule is COc1cc(C)c(C(O)c2cccc(C)c2F)cc1OC. The van der Waals surface area contributed by atoms with Crippen LogP contribution in [-0.2, 0) is 0 Å². The van der Waals surface area contributed by atoms with Gasteiger partial charge in [-0.3, -0.25) is 0 Å². The van der Waals surface area contributed by atoms with Gasteiger partial charge in [0, 0.05) is 5.56 Å². The highest BCUT2D eigenvalue weighted by atomic mass is 19.1. The van der Waals surface area contributed by atoms with E-state index in [0.717, 1.165) is 5.56 Å². The third-order valence-corrected chi connectivity index (χ3v) is 3.58. The van der Waals surface area contributed by atoms with Crippen molar-refractivity contribution in [2.24, 2.45) is 0 Å². The van der Waals surface area contributed by atoms with Gasteiger partial charge in [-0.1, -0.05) is 18.2 Å². The third kappa shape index (κ3) is 2.85. The molecule has 0 spiro atoms. The molecule has 0 heterocycles. The van der Waals surface area contributed by atoms with Crippen LogP contribution in [0.3, 0.4) is 0 Å². The van der Waals surface area contributed by atoms with E-state index in [-0.39, 0.29) is 11.4 Å². The minimum absolute atomic E-state index is 0.255. The van der Waals surface area contributed by atoms with E-state index in [1.165, 1.54) is 7.11 Å². The number of aliphatic hydroxyl groups excluding tert-OH is 1. The Morgan fingerprint density at radius 3 is 2.19 bits per heavy atom. The van der Waals surface area contributed by atoms with Gasteiger partial charge in [0.25, 0.3) is 0 Å². The Morgan fingerprint density at radius 2 is 1.57 bits per heavy atom. The predicted molar refractivity (Wildman–Crippen MR) is 79.5 cm³/mol. The van der Waals surface area contributed by atoms with Gasteiger partial charge in [-0.05, 0) is 42.7 Å². The van der Waals surface area contributed by atoms with Crippen molar-refractivity contribution in [3.05, 3.63) is 58.4 Å². The van der Waals surface area contributed by atoms with Crippen LogP contribution in [0.2, 0.25) is 0 Å². The summed E-state index contributed by atoms with van der Waals surface area (Å²) in [7, 11) is 3.07. The highest BCUT2D eigenvalue weighted by Gasteiger charge is 2.20. The van der Waals surface area contributed by atoms with Crippen molar-refractivity contribution in [2.45, 2.75) is 20.0 Å².